The molecule has 0 spiro atoms. The summed E-state index contributed by atoms with van der Waals surface area (Å²) in [5.74, 6) is 0.00736. The quantitative estimate of drug-likeness (QED) is 0.521. The van der Waals surface area contributed by atoms with Crippen molar-refractivity contribution in [3.63, 3.8) is 0 Å². The molecule has 5 heteroatoms. The number of fused-ring (bicyclic) bond motifs is 1. The number of pyridine rings is 1. The van der Waals surface area contributed by atoms with E-state index in [9.17, 15) is 4.79 Å². The molecule has 3 aromatic heterocycles. The molecule has 0 saturated heterocycles. The molecule has 1 aromatic carbocycles. The smallest absolute Gasteiger partial charge is 0.261 e. The van der Waals surface area contributed by atoms with Crippen LogP contribution in [0.5, 0.6) is 0 Å². The van der Waals surface area contributed by atoms with Crippen LogP contribution < -0.4 is 5.32 Å². The van der Waals surface area contributed by atoms with Crippen molar-refractivity contribution in [1.29, 1.82) is 0 Å². The Labute approximate surface area is 162 Å². The number of rotatable bonds is 6. The Morgan fingerprint density at radius 3 is 2.89 bits per heavy atom. The van der Waals surface area contributed by atoms with E-state index in [4.69, 9.17) is 0 Å². The number of aromatic nitrogens is 2. The summed E-state index contributed by atoms with van der Waals surface area (Å²) in [6, 6.07) is 14.4. The van der Waals surface area contributed by atoms with Crippen LogP contribution in [0.4, 0.5) is 0 Å². The summed E-state index contributed by atoms with van der Waals surface area (Å²) in [5.41, 5.74) is 5.65. The number of nitrogens with one attached hydrogen (secondary N) is 2. The molecule has 0 atom stereocenters. The van der Waals surface area contributed by atoms with E-state index in [0.29, 0.717) is 6.54 Å². The van der Waals surface area contributed by atoms with E-state index in [1.54, 1.807) is 0 Å². The second kappa shape index (κ2) is 7.76. The third kappa shape index (κ3) is 3.78. The highest BCUT2D eigenvalue weighted by molar-refractivity contribution is 7.12. The van der Waals surface area contributed by atoms with Crippen molar-refractivity contribution in [2.24, 2.45) is 0 Å². The van der Waals surface area contributed by atoms with E-state index < -0.39 is 0 Å². The maximum atomic E-state index is 12.7. The largest absolute Gasteiger partial charge is 0.351 e. The Morgan fingerprint density at radius 2 is 2.00 bits per heavy atom. The predicted molar refractivity (Wildman–Crippen MR) is 110 cm³/mol. The van der Waals surface area contributed by atoms with Crippen molar-refractivity contribution >= 4 is 28.3 Å². The van der Waals surface area contributed by atoms with E-state index in [0.717, 1.165) is 34.3 Å². The summed E-state index contributed by atoms with van der Waals surface area (Å²) >= 11 is 1.50. The summed E-state index contributed by atoms with van der Waals surface area (Å²) in [4.78, 5) is 20.9. The second-order valence-corrected chi connectivity index (χ2v) is 7.51. The van der Waals surface area contributed by atoms with Crippen LogP contribution in [0, 0.1) is 6.92 Å². The maximum absolute atomic E-state index is 12.7. The summed E-state index contributed by atoms with van der Waals surface area (Å²) in [5, 5.41) is 6.17. The molecular weight excluding hydrogens is 354 g/mol. The van der Waals surface area contributed by atoms with E-state index in [1.165, 1.54) is 28.0 Å². The Morgan fingerprint density at radius 1 is 1.11 bits per heavy atom. The number of thiophene rings is 1. The van der Waals surface area contributed by atoms with Gasteiger partial charge in [-0.15, -0.1) is 11.3 Å². The average molecular weight is 375 g/mol. The number of hydrogen-bond acceptors (Lipinski definition) is 3. The minimum Gasteiger partial charge on any atom is -0.351 e. The predicted octanol–water partition coefficient (Wildman–Crippen LogP) is 4.50. The molecule has 4 rings (SSSR count). The fourth-order valence-corrected chi connectivity index (χ4v) is 4.17. The lowest BCUT2D eigenvalue weighted by molar-refractivity contribution is 0.0957. The van der Waals surface area contributed by atoms with Crippen LogP contribution >= 0.6 is 11.3 Å². The number of H-pyrrole nitrogens is 1. The minimum atomic E-state index is 0.00736. The van der Waals surface area contributed by atoms with Crippen molar-refractivity contribution in [2.75, 3.05) is 6.54 Å². The Bertz CT molecular complexity index is 1080. The third-order valence-electron chi connectivity index (χ3n) is 4.83. The number of aryl methyl sites for hydroxylation is 1. The third-order valence-corrected chi connectivity index (χ3v) is 5.78. The van der Waals surface area contributed by atoms with Crippen LogP contribution in [0.25, 0.3) is 11.0 Å². The zero-order valence-electron chi connectivity index (χ0n) is 15.2. The first-order valence-corrected chi connectivity index (χ1v) is 9.90. The van der Waals surface area contributed by atoms with Crippen LogP contribution in [0.1, 0.15) is 31.9 Å². The maximum Gasteiger partial charge on any atom is 0.261 e. The number of carbonyl (C=O) groups is 1. The van der Waals surface area contributed by atoms with Crippen molar-refractivity contribution in [2.45, 2.75) is 19.8 Å². The number of nitrogens with zero attached hydrogens (tertiary/aromatic N) is 1. The van der Waals surface area contributed by atoms with Gasteiger partial charge < -0.3 is 10.3 Å². The molecule has 0 fully saturated rings. The highest BCUT2D eigenvalue weighted by atomic mass is 32.1. The van der Waals surface area contributed by atoms with Crippen molar-refractivity contribution in [3.8, 4) is 0 Å². The van der Waals surface area contributed by atoms with Crippen molar-refractivity contribution in [1.82, 2.24) is 15.3 Å². The van der Waals surface area contributed by atoms with Crippen LogP contribution in [0.3, 0.4) is 0 Å². The molecule has 0 aliphatic heterocycles. The number of benzene rings is 1. The van der Waals surface area contributed by atoms with Gasteiger partial charge in [0.05, 0.1) is 4.88 Å². The summed E-state index contributed by atoms with van der Waals surface area (Å²) in [7, 11) is 0. The molecule has 0 radical (unpaired) electrons. The number of carbonyl (C=O) groups excluding carboxylic acids is 1. The lowest BCUT2D eigenvalue weighted by Gasteiger charge is -2.08. The standard InChI is InChI=1S/C22H21N3OS/c1-15-4-2-3-5-16(15)6-11-25-22(26)20-18(9-13-27-20)14-17-7-10-23-21-19(17)8-12-24-21/h2-5,7-10,12-13H,6,11,14H2,1H3,(H,23,24)(H,25,26). The molecule has 4 aromatic rings. The molecule has 0 saturated carbocycles. The molecule has 1 amide bonds. The van der Waals surface area contributed by atoms with Crippen LogP contribution in [0.15, 0.2) is 60.2 Å². The first kappa shape index (κ1) is 17.5. The number of aromatic amines is 1. The van der Waals surface area contributed by atoms with Gasteiger partial charge in [-0.25, -0.2) is 4.98 Å². The molecule has 0 aliphatic carbocycles. The van der Waals surface area contributed by atoms with Crippen LogP contribution in [0.2, 0.25) is 0 Å². The normalized spacial score (nSPS) is 11.0. The van der Waals surface area contributed by atoms with Crippen LogP contribution in [-0.4, -0.2) is 22.4 Å². The van der Waals surface area contributed by atoms with Crippen molar-refractivity contribution < 1.29 is 4.79 Å². The van der Waals surface area contributed by atoms with Crippen LogP contribution in [-0.2, 0) is 12.8 Å². The molecule has 4 nitrogen and oxygen atoms in total. The van der Waals surface area contributed by atoms with E-state index in [1.807, 2.05) is 48.1 Å². The zero-order chi connectivity index (χ0) is 18.6. The zero-order valence-corrected chi connectivity index (χ0v) is 16.0. The highest BCUT2D eigenvalue weighted by Crippen LogP contribution is 2.24. The SMILES string of the molecule is Cc1ccccc1CCNC(=O)c1sccc1Cc1ccnc2[nH]ccc12. The van der Waals surface area contributed by atoms with Gasteiger partial charge in [0.25, 0.3) is 5.91 Å². The molecule has 0 aliphatic rings. The van der Waals surface area contributed by atoms with Gasteiger partial charge in [0.2, 0.25) is 0 Å². The summed E-state index contributed by atoms with van der Waals surface area (Å²) in [6.07, 6.45) is 5.27. The van der Waals surface area contributed by atoms with Gasteiger partial charge in [0.15, 0.2) is 0 Å². The fraction of sp³-hybridized carbons (Fsp3) is 0.182. The molecule has 0 unspecified atom stereocenters. The average Bonchev–Trinajstić information content (AvgIpc) is 3.33. The van der Waals surface area contributed by atoms with E-state index >= 15 is 0 Å². The minimum absolute atomic E-state index is 0.00736. The Kier molecular flexibility index (Phi) is 5.03. The molecule has 0 bridgehead atoms. The van der Waals surface area contributed by atoms with Gasteiger partial charge in [0.1, 0.15) is 5.65 Å². The number of hydrogen-bond donors (Lipinski definition) is 2. The first-order chi connectivity index (χ1) is 13.2. The van der Waals surface area contributed by atoms with E-state index in [-0.39, 0.29) is 5.91 Å². The molecular formula is C22H21N3OS. The van der Waals surface area contributed by atoms with Crippen molar-refractivity contribution in [3.05, 3.63) is 87.4 Å². The van der Waals surface area contributed by atoms with Gasteiger partial charge in [-0.3, -0.25) is 4.79 Å². The second-order valence-electron chi connectivity index (χ2n) is 6.59. The van der Waals surface area contributed by atoms with Gasteiger partial charge in [-0.05, 0) is 65.6 Å². The van der Waals surface area contributed by atoms with Gasteiger partial charge in [0, 0.05) is 24.3 Å². The van der Waals surface area contributed by atoms with E-state index in [2.05, 4.69) is 34.3 Å². The Hall–Kier alpha value is -2.92. The first-order valence-electron chi connectivity index (χ1n) is 9.02. The summed E-state index contributed by atoms with van der Waals surface area (Å²) < 4.78 is 0. The monoisotopic (exact) mass is 375 g/mol. The summed E-state index contributed by atoms with van der Waals surface area (Å²) in [6.45, 7) is 2.74. The lowest BCUT2D eigenvalue weighted by atomic mass is 10.0. The molecule has 3 heterocycles. The Balaban J connectivity index is 1.44. The fourth-order valence-electron chi connectivity index (χ4n) is 3.33. The number of amides is 1. The van der Waals surface area contributed by atoms with Gasteiger partial charge in [-0.2, -0.15) is 0 Å². The van der Waals surface area contributed by atoms with Gasteiger partial charge >= 0.3 is 0 Å². The molecule has 2 N–H and O–H groups in total. The lowest BCUT2D eigenvalue weighted by Crippen LogP contribution is -2.25. The molecule has 27 heavy (non-hydrogen) atoms. The highest BCUT2D eigenvalue weighted by Gasteiger charge is 2.14. The van der Waals surface area contributed by atoms with Gasteiger partial charge in [-0.1, -0.05) is 24.3 Å². The molecule has 136 valence electrons. The topological polar surface area (TPSA) is 57.8 Å².